The molecule has 6 heteroatoms. The van der Waals surface area contributed by atoms with Crippen LogP contribution in [0.2, 0.25) is 0 Å². The zero-order valence-corrected chi connectivity index (χ0v) is 14.2. The van der Waals surface area contributed by atoms with Crippen LogP contribution in [0.15, 0.2) is 30.9 Å². The van der Waals surface area contributed by atoms with Crippen molar-refractivity contribution in [2.24, 2.45) is 0 Å². The second-order valence-electron chi connectivity index (χ2n) is 5.95. The Hall–Kier alpha value is -2.05. The van der Waals surface area contributed by atoms with Gasteiger partial charge >= 0.3 is 6.03 Å². The summed E-state index contributed by atoms with van der Waals surface area (Å²) in [4.78, 5) is 11.6. The van der Waals surface area contributed by atoms with Crippen molar-refractivity contribution >= 4 is 11.7 Å². The van der Waals surface area contributed by atoms with Gasteiger partial charge in [-0.1, -0.05) is 6.08 Å². The molecule has 0 heterocycles. The topological polar surface area (TPSA) is 82.6 Å². The number of carbonyl (C=O) groups excluding carboxylic acids is 1. The van der Waals surface area contributed by atoms with Crippen LogP contribution in [-0.4, -0.2) is 43.0 Å². The van der Waals surface area contributed by atoms with Gasteiger partial charge in [-0.25, -0.2) is 4.79 Å². The molecule has 132 valence electrons. The van der Waals surface area contributed by atoms with Crippen LogP contribution in [0.25, 0.3) is 0 Å². The van der Waals surface area contributed by atoms with E-state index in [1.807, 2.05) is 13.0 Å². The molecule has 1 aliphatic rings. The van der Waals surface area contributed by atoms with E-state index in [4.69, 9.17) is 4.74 Å². The van der Waals surface area contributed by atoms with Crippen molar-refractivity contribution in [3.8, 4) is 5.75 Å². The third-order valence-electron chi connectivity index (χ3n) is 3.67. The second kappa shape index (κ2) is 9.30. The minimum Gasteiger partial charge on any atom is -0.491 e. The first kappa shape index (κ1) is 18.3. The largest absolute Gasteiger partial charge is 0.491 e. The molecule has 0 saturated heterocycles. The SMILES string of the molecule is C=CCc1cc(NC(=O)NCC)ccc1OCC(O)CNC1CC1. The lowest BCUT2D eigenvalue weighted by molar-refractivity contribution is 0.105. The van der Waals surface area contributed by atoms with Gasteiger partial charge in [-0.3, -0.25) is 0 Å². The third-order valence-corrected chi connectivity index (χ3v) is 3.67. The van der Waals surface area contributed by atoms with E-state index >= 15 is 0 Å². The van der Waals surface area contributed by atoms with E-state index in [0.717, 1.165) is 5.56 Å². The fourth-order valence-electron chi connectivity index (χ4n) is 2.28. The Morgan fingerprint density at radius 3 is 2.96 bits per heavy atom. The Balaban J connectivity index is 1.91. The number of nitrogens with one attached hydrogen (secondary N) is 3. The average Bonchev–Trinajstić information content (AvgIpc) is 3.37. The number of benzene rings is 1. The van der Waals surface area contributed by atoms with E-state index in [1.165, 1.54) is 12.8 Å². The van der Waals surface area contributed by atoms with Crippen LogP contribution in [-0.2, 0) is 6.42 Å². The molecule has 2 amide bonds. The fraction of sp³-hybridized carbons (Fsp3) is 0.500. The maximum atomic E-state index is 11.6. The molecule has 1 aliphatic carbocycles. The van der Waals surface area contributed by atoms with Crippen LogP contribution < -0.4 is 20.7 Å². The molecule has 0 bridgehead atoms. The molecule has 1 atom stereocenters. The summed E-state index contributed by atoms with van der Waals surface area (Å²) in [6, 6.07) is 5.78. The van der Waals surface area contributed by atoms with Crippen molar-refractivity contribution in [1.29, 1.82) is 0 Å². The highest BCUT2D eigenvalue weighted by atomic mass is 16.5. The minimum absolute atomic E-state index is 0.229. The van der Waals surface area contributed by atoms with Crippen molar-refractivity contribution < 1.29 is 14.6 Å². The van der Waals surface area contributed by atoms with Crippen LogP contribution in [0, 0.1) is 0 Å². The van der Waals surface area contributed by atoms with Crippen molar-refractivity contribution in [2.45, 2.75) is 38.3 Å². The Kier molecular flexibility index (Phi) is 7.08. The number of allylic oxidation sites excluding steroid dienone is 1. The minimum atomic E-state index is -0.546. The molecule has 1 aromatic rings. The van der Waals surface area contributed by atoms with Gasteiger partial charge in [-0.05, 0) is 49.9 Å². The molecule has 0 aliphatic heterocycles. The maximum absolute atomic E-state index is 11.6. The third kappa shape index (κ3) is 6.22. The van der Waals surface area contributed by atoms with Gasteiger partial charge in [0, 0.05) is 24.8 Å². The average molecular weight is 333 g/mol. The van der Waals surface area contributed by atoms with E-state index in [1.54, 1.807) is 18.2 Å². The van der Waals surface area contributed by atoms with Gasteiger partial charge in [0.2, 0.25) is 0 Å². The molecule has 0 spiro atoms. The molecule has 6 nitrogen and oxygen atoms in total. The molecule has 1 aromatic carbocycles. The number of ether oxygens (including phenoxy) is 1. The number of carbonyl (C=O) groups is 1. The lowest BCUT2D eigenvalue weighted by Gasteiger charge is -2.16. The number of anilines is 1. The lowest BCUT2D eigenvalue weighted by atomic mass is 10.1. The number of aliphatic hydroxyl groups excluding tert-OH is 1. The fourth-order valence-corrected chi connectivity index (χ4v) is 2.28. The van der Waals surface area contributed by atoms with Crippen molar-refractivity contribution in [2.75, 3.05) is 25.0 Å². The molecule has 0 aromatic heterocycles. The number of hydrogen-bond acceptors (Lipinski definition) is 4. The summed E-state index contributed by atoms with van der Waals surface area (Å²) >= 11 is 0. The molecular weight excluding hydrogens is 306 g/mol. The Labute approximate surface area is 143 Å². The maximum Gasteiger partial charge on any atom is 0.319 e. The van der Waals surface area contributed by atoms with Crippen LogP contribution in [0.1, 0.15) is 25.3 Å². The van der Waals surface area contributed by atoms with E-state index in [2.05, 4.69) is 22.5 Å². The van der Waals surface area contributed by atoms with Crippen LogP contribution in [0.3, 0.4) is 0 Å². The highest BCUT2D eigenvalue weighted by Crippen LogP contribution is 2.24. The Bertz CT molecular complexity index is 558. The molecule has 0 radical (unpaired) electrons. The first-order chi connectivity index (χ1) is 11.6. The molecule has 1 fully saturated rings. The molecule has 1 saturated carbocycles. The van der Waals surface area contributed by atoms with Gasteiger partial charge in [0.05, 0.1) is 0 Å². The number of rotatable bonds is 10. The monoisotopic (exact) mass is 333 g/mol. The first-order valence-electron chi connectivity index (χ1n) is 8.45. The predicted octanol–water partition coefficient (Wildman–Crippen LogP) is 2.05. The van der Waals surface area contributed by atoms with Crippen molar-refractivity contribution in [3.63, 3.8) is 0 Å². The zero-order valence-electron chi connectivity index (χ0n) is 14.2. The molecule has 1 unspecified atom stereocenters. The van der Waals surface area contributed by atoms with Crippen LogP contribution >= 0.6 is 0 Å². The van der Waals surface area contributed by atoms with Gasteiger partial charge in [-0.2, -0.15) is 0 Å². The summed E-state index contributed by atoms with van der Waals surface area (Å²) in [5.41, 5.74) is 1.61. The first-order valence-corrected chi connectivity index (χ1v) is 8.45. The summed E-state index contributed by atoms with van der Waals surface area (Å²) in [7, 11) is 0. The van der Waals surface area contributed by atoms with Gasteiger partial charge in [0.15, 0.2) is 0 Å². The van der Waals surface area contributed by atoms with Gasteiger partial charge in [-0.15, -0.1) is 6.58 Å². The smallest absolute Gasteiger partial charge is 0.319 e. The zero-order chi connectivity index (χ0) is 17.4. The summed E-state index contributed by atoms with van der Waals surface area (Å²) in [5.74, 6) is 0.696. The summed E-state index contributed by atoms with van der Waals surface area (Å²) in [6.45, 7) is 6.96. The highest BCUT2D eigenvalue weighted by molar-refractivity contribution is 5.89. The van der Waals surface area contributed by atoms with Gasteiger partial charge in [0.1, 0.15) is 18.5 Å². The summed E-state index contributed by atoms with van der Waals surface area (Å²) < 4.78 is 5.75. The molecule has 24 heavy (non-hydrogen) atoms. The van der Waals surface area contributed by atoms with E-state index in [0.29, 0.717) is 37.0 Å². The Morgan fingerprint density at radius 2 is 2.29 bits per heavy atom. The summed E-state index contributed by atoms with van der Waals surface area (Å²) in [5, 5.41) is 18.7. The van der Waals surface area contributed by atoms with E-state index < -0.39 is 6.10 Å². The van der Waals surface area contributed by atoms with Crippen molar-refractivity contribution in [1.82, 2.24) is 10.6 Å². The van der Waals surface area contributed by atoms with Crippen molar-refractivity contribution in [3.05, 3.63) is 36.4 Å². The molecule has 4 N–H and O–H groups in total. The number of aliphatic hydroxyl groups is 1. The number of hydrogen-bond donors (Lipinski definition) is 4. The molecule has 2 rings (SSSR count). The molecular formula is C18H27N3O3. The summed E-state index contributed by atoms with van der Waals surface area (Å²) in [6.07, 6.45) is 4.24. The standard InChI is InChI=1S/C18H27N3O3/c1-3-5-13-10-15(21-18(23)19-4-2)8-9-17(13)24-12-16(22)11-20-14-6-7-14/h3,8-10,14,16,20,22H,1,4-7,11-12H2,2H3,(H2,19,21,23). The van der Waals surface area contributed by atoms with E-state index in [-0.39, 0.29) is 12.6 Å². The van der Waals surface area contributed by atoms with E-state index in [9.17, 15) is 9.90 Å². The quantitative estimate of drug-likeness (QED) is 0.494. The second-order valence-corrected chi connectivity index (χ2v) is 5.95. The van der Waals surface area contributed by atoms with Crippen LogP contribution in [0.5, 0.6) is 5.75 Å². The predicted molar refractivity (Wildman–Crippen MR) is 95.6 cm³/mol. The van der Waals surface area contributed by atoms with Gasteiger partial charge < -0.3 is 25.8 Å². The number of amides is 2. The highest BCUT2D eigenvalue weighted by Gasteiger charge is 2.21. The lowest BCUT2D eigenvalue weighted by Crippen LogP contribution is -2.32. The Morgan fingerprint density at radius 1 is 1.50 bits per heavy atom. The number of urea groups is 1. The van der Waals surface area contributed by atoms with Gasteiger partial charge in [0.25, 0.3) is 0 Å². The van der Waals surface area contributed by atoms with Crippen LogP contribution in [0.4, 0.5) is 10.5 Å². The normalized spacial score (nSPS) is 14.8.